The number of allylic oxidation sites excluding steroid dienone is 2. The molecule has 0 aromatic rings. The summed E-state index contributed by atoms with van der Waals surface area (Å²) in [5, 5.41) is 0. The zero-order chi connectivity index (χ0) is 15.6. The van der Waals surface area contributed by atoms with Crippen LogP contribution < -0.4 is 0 Å². The van der Waals surface area contributed by atoms with E-state index in [1.807, 2.05) is 0 Å². The van der Waals surface area contributed by atoms with Crippen LogP contribution in [0.4, 0.5) is 0 Å². The molecule has 0 saturated heterocycles. The lowest BCUT2D eigenvalue weighted by atomic mass is 10.1. The Kier molecular flexibility index (Phi) is 17.5. The first kappa shape index (κ1) is 20.7. The van der Waals surface area contributed by atoms with E-state index in [4.69, 9.17) is 0 Å². The van der Waals surface area contributed by atoms with Crippen LogP contribution in [-0.2, 0) is 0 Å². The summed E-state index contributed by atoms with van der Waals surface area (Å²) in [6.07, 6.45) is 24.3. The van der Waals surface area contributed by atoms with E-state index >= 15 is 0 Å². The molecule has 21 heavy (non-hydrogen) atoms. The maximum absolute atomic E-state index is 2.41. The van der Waals surface area contributed by atoms with Crippen molar-refractivity contribution in [3.63, 3.8) is 0 Å². The Labute approximate surface area is 135 Å². The van der Waals surface area contributed by atoms with Crippen LogP contribution in [-0.4, -0.2) is 25.5 Å². The highest BCUT2D eigenvalue weighted by atomic mass is 15.0. The van der Waals surface area contributed by atoms with Crippen molar-refractivity contribution in [3.8, 4) is 0 Å². The molecule has 0 rings (SSSR count). The monoisotopic (exact) mass is 295 g/mol. The van der Waals surface area contributed by atoms with Crippen molar-refractivity contribution < 1.29 is 0 Å². The lowest BCUT2D eigenvalue weighted by Gasteiger charge is -2.08. The standard InChI is InChI=1S/C20H41N/c1-4-5-6-7-8-9-10-11-12-13-14-15-16-17-18-19-20-21(2)3/h11-12H,4-10,13-20H2,1-3H3/b12-11-. The molecule has 0 heterocycles. The lowest BCUT2D eigenvalue weighted by Crippen LogP contribution is -2.12. The summed E-state index contributed by atoms with van der Waals surface area (Å²) in [6, 6.07) is 0. The van der Waals surface area contributed by atoms with Crippen LogP contribution >= 0.6 is 0 Å². The van der Waals surface area contributed by atoms with E-state index in [2.05, 4.69) is 38.1 Å². The smallest absolute Gasteiger partial charge is 0.00248 e. The van der Waals surface area contributed by atoms with Gasteiger partial charge in [0.05, 0.1) is 0 Å². The van der Waals surface area contributed by atoms with E-state index in [1.54, 1.807) is 0 Å². The summed E-state index contributed by atoms with van der Waals surface area (Å²) < 4.78 is 0. The van der Waals surface area contributed by atoms with E-state index in [1.165, 1.54) is 96.4 Å². The first-order chi connectivity index (χ1) is 10.3. The van der Waals surface area contributed by atoms with Crippen LogP contribution in [0.3, 0.4) is 0 Å². The minimum atomic E-state index is 1.25. The van der Waals surface area contributed by atoms with Gasteiger partial charge < -0.3 is 4.90 Å². The van der Waals surface area contributed by atoms with Crippen molar-refractivity contribution >= 4 is 0 Å². The number of hydrogen-bond acceptors (Lipinski definition) is 1. The van der Waals surface area contributed by atoms with Gasteiger partial charge in [0.15, 0.2) is 0 Å². The van der Waals surface area contributed by atoms with E-state index < -0.39 is 0 Å². The molecule has 0 saturated carbocycles. The second-order valence-electron chi connectivity index (χ2n) is 6.74. The van der Waals surface area contributed by atoms with Crippen LogP contribution in [0.1, 0.15) is 96.8 Å². The molecule has 0 aliphatic rings. The van der Waals surface area contributed by atoms with E-state index in [0.717, 1.165) is 0 Å². The molecule has 0 fully saturated rings. The Hall–Kier alpha value is -0.300. The summed E-state index contributed by atoms with van der Waals surface area (Å²) in [6.45, 7) is 3.54. The summed E-state index contributed by atoms with van der Waals surface area (Å²) in [5.74, 6) is 0. The predicted molar refractivity (Wildman–Crippen MR) is 98.0 cm³/mol. The third-order valence-corrected chi connectivity index (χ3v) is 4.12. The van der Waals surface area contributed by atoms with Gasteiger partial charge in [0.2, 0.25) is 0 Å². The number of unbranched alkanes of at least 4 members (excludes halogenated alkanes) is 12. The first-order valence-corrected chi connectivity index (χ1v) is 9.57. The lowest BCUT2D eigenvalue weighted by molar-refractivity contribution is 0.389. The zero-order valence-electron chi connectivity index (χ0n) is 15.2. The van der Waals surface area contributed by atoms with Crippen LogP contribution in [0.2, 0.25) is 0 Å². The molecule has 0 N–H and O–H groups in total. The highest BCUT2D eigenvalue weighted by molar-refractivity contribution is 4.81. The Balaban J connectivity index is 3.05. The maximum atomic E-state index is 2.41. The molecule has 0 aliphatic heterocycles. The van der Waals surface area contributed by atoms with Gasteiger partial charge in [-0.2, -0.15) is 0 Å². The fourth-order valence-corrected chi connectivity index (χ4v) is 2.68. The fourth-order valence-electron chi connectivity index (χ4n) is 2.68. The van der Waals surface area contributed by atoms with E-state index in [9.17, 15) is 0 Å². The quantitative estimate of drug-likeness (QED) is 0.229. The summed E-state index contributed by atoms with van der Waals surface area (Å²) in [7, 11) is 4.33. The summed E-state index contributed by atoms with van der Waals surface area (Å²) in [4.78, 5) is 2.29. The Morgan fingerprint density at radius 3 is 1.48 bits per heavy atom. The van der Waals surface area contributed by atoms with Gasteiger partial charge in [-0.25, -0.2) is 0 Å². The van der Waals surface area contributed by atoms with Crippen LogP contribution in [0, 0.1) is 0 Å². The molecular weight excluding hydrogens is 254 g/mol. The van der Waals surface area contributed by atoms with Gasteiger partial charge in [-0.15, -0.1) is 0 Å². The second kappa shape index (κ2) is 17.8. The minimum Gasteiger partial charge on any atom is -0.309 e. The van der Waals surface area contributed by atoms with E-state index in [0.29, 0.717) is 0 Å². The molecule has 1 heteroatoms. The molecular formula is C20H41N. The van der Waals surface area contributed by atoms with Crippen LogP contribution in [0.15, 0.2) is 12.2 Å². The molecule has 126 valence electrons. The zero-order valence-corrected chi connectivity index (χ0v) is 15.2. The Morgan fingerprint density at radius 1 is 0.571 bits per heavy atom. The van der Waals surface area contributed by atoms with Crippen molar-refractivity contribution in [2.45, 2.75) is 96.8 Å². The summed E-state index contributed by atoms with van der Waals surface area (Å²) >= 11 is 0. The van der Waals surface area contributed by atoms with Gasteiger partial charge in [0.1, 0.15) is 0 Å². The topological polar surface area (TPSA) is 3.24 Å². The molecule has 0 atom stereocenters. The van der Waals surface area contributed by atoms with Crippen molar-refractivity contribution in [2.75, 3.05) is 20.6 Å². The third kappa shape index (κ3) is 19.7. The Bertz CT molecular complexity index is 208. The first-order valence-electron chi connectivity index (χ1n) is 9.57. The van der Waals surface area contributed by atoms with Crippen molar-refractivity contribution in [3.05, 3.63) is 12.2 Å². The normalized spacial score (nSPS) is 11.8. The van der Waals surface area contributed by atoms with Gasteiger partial charge in [-0.1, -0.05) is 76.9 Å². The molecule has 0 aliphatic carbocycles. The fraction of sp³-hybridized carbons (Fsp3) is 0.900. The second-order valence-corrected chi connectivity index (χ2v) is 6.74. The van der Waals surface area contributed by atoms with Crippen molar-refractivity contribution in [1.82, 2.24) is 4.90 Å². The van der Waals surface area contributed by atoms with Gasteiger partial charge in [-0.3, -0.25) is 0 Å². The van der Waals surface area contributed by atoms with Crippen molar-refractivity contribution in [1.29, 1.82) is 0 Å². The third-order valence-electron chi connectivity index (χ3n) is 4.12. The summed E-state index contributed by atoms with van der Waals surface area (Å²) in [5.41, 5.74) is 0. The average molecular weight is 296 g/mol. The highest BCUT2D eigenvalue weighted by Gasteiger charge is 1.92. The largest absolute Gasteiger partial charge is 0.309 e. The van der Waals surface area contributed by atoms with Crippen LogP contribution in [0.25, 0.3) is 0 Å². The molecule has 0 aromatic carbocycles. The number of nitrogens with zero attached hydrogens (tertiary/aromatic N) is 1. The van der Waals surface area contributed by atoms with Gasteiger partial charge in [0, 0.05) is 0 Å². The average Bonchev–Trinajstić information content (AvgIpc) is 2.46. The molecule has 1 nitrogen and oxygen atoms in total. The molecule has 0 radical (unpaired) electrons. The SMILES string of the molecule is CCCCCCCC/C=C\CCCCCCCCN(C)C. The molecule has 0 unspecified atom stereocenters. The number of hydrogen-bond donors (Lipinski definition) is 0. The molecule has 0 bridgehead atoms. The number of rotatable bonds is 16. The molecule has 0 aromatic heterocycles. The van der Waals surface area contributed by atoms with Gasteiger partial charge in [-0.05, 0) is 52.7 Å². The predicted octanol–water partition coefficient (Wildman–Crippen LogP) is 6.59. The highest BCUT2D eigenvalue weighted by Crippen LogP contribution is 2.09. The Morgan fingerprint density at radius 2 is 1.00 bits per heavy atom. The van der Waals surface area contributed by atoms with Gasteiger partial charge >= 0.3 is 0 Å². The minimum absolute atomic E-state index is 1.25. The van der Waals surface area contributed by atoms with Crippen molar-refractivity contribution in [2.24, 2.45) is 0 Å². The maximum Gasteiger partial charge on any atom is -0.00248 e. The molecule has 0 amide bonds. The van der Waals surface area contributed by atoms with Crippen LogP contribution in [0.5, 0.6) is 0 Å². The molecule has 0 spiro atoms. The van der Waals surface area contributed by atoms with E-state index in [-0.39, 0.29) is 0 Å². The van der Waals surface area contributed by atoms with Gasteiger partial charge in [0.25, 0.3) is 0 Å².